The summed E-state index contributed by atoms with van der Waals surface area (Å²) < 4.78 is 7.75. The summed E-state index contributed by atoms with van der Waals surface area (Å²) in [6, 6.07) is 16.8. The van der Waals surface area contributed by atoms with Gasteiger partial charge in [0, 0.05) is 41.5 Å². The average molecular weight is 562 g/mol. The summed E-state index contributed by atoms with van der Waals surface area (Å²) in [5.41, 5.74) is 12.5. The molecule has 0 spiro atoms. The molecule has 0 radical (unpaired) electrons. The third-order valence-electron chi connectivity index (χ3n) is 6.57. The van der Waals surface area contributed by atoms with Crippen molar-refractivity contribution in [1.82, 2.24) is 24.3 Å². The van der Waals surface area contributed by atoms with Crippen LogP contribution in [0.15, 0.2) is 85.3 Å². The topological polar surface area (TPSA) is 128 Å². The normalized spacial score (nSPS) is 11.1. The summed E-state index contributed by atoms with van der Waals surface area (Å²) in [5.74, 6) is -0.277. The lowest BCUT2D eigenvalue weighted by molar-refractivity contribution is -0.113. The maximum atomic E-state index is 12.9. The zero-order valence-electron chi connectivity index (χ0n) is 23.9. The molecule has 10 nitrogen and oxygen atoms in total. The van der Waals surface area contributed by atoms with E-state index in [0.29, 0.717) is 40.2 Å². The van der Waals surface area contributed by atoms with Gasteiger partial charge < -0.3 is 25.1 Å². The number of carbonyl (C=O) groups is 2. The van der Waals surface area contributed by atoms with Crippen molar-refractivity contribution in [3.05, 3.63) is 102 Å². The van der Waals surface area contributed by atoms with Crippen molar-refractivity contribution in [1.29, 1.82) is 0 Å². The molecule has 0 bridgehead atoms. The van der Waals surface area contributed by atoms with E-state index in [1.807, 2.05) is 79.8 Å². The molecular weight excluding hydrogens is 530 g/mol. The minimum atomic E-state index is -0.573. The van der Waals surface area contributed by atoms with E-state index < -0.39 is 5.91 Å². The van der Waals surface area contributed by atoms with Crippen LogP contribution >= 0.6 is 0 Å². The fraction of sp³-hybridized carbons (Fsp3) is 0.156. The number of rotatable bonds is 9. The van der Waals surface area contributed by atoms with Gasteiger partial charge in [-0.15, -0.1) is 0 Å². The van der Waals surface area contributed by atoms with Crippen molar-refractivity contribution in [3.8, 4) is 34.1 Å². The van der Waals surface area contributed by atoms with Crippen LogP contribution in [0.3, 0.4) is 0 Å². The molecule has 0 aliphatic carbocycles. The fourth-order valence-electron chi connectivity index (χ4n) is 4.72. The quantitative estimate of drug-likeness (QED) is 0.242. The second kappa shape index (κ2) is 11.6. The van der Waals surface area contributed by atoms with E-state index >= 15 is 0 Å². The highest BCUT2D eigenvalue weighted by atomic mass is 16.5. The number of fused-ring (bicyclic) bond motifs is 1. The summed E-state index contributed by atoms with van der Waals surface area (Å²) in [5, 5.41) is 2.89. The van der Waals surface area contributed by atoms with Crippen LogP contribution in [0.2, 0.25) is 0 Å². The van der Waals surface area contributed by atoms with Gasteiger partial charge >= 0.3 is 6.01 Å². The van der Waals surface area contributed by atoms with Gasteiger partial charge in [0.05, 0.1) is 28.7 Å². The molecule has 212 valence electrons. The first-order valence-corrected chi connectivity index (χ1v) is 13.2. The van der Waals surface area contributed by atoms with Crippen LogP contribution in [0.4, 0.5) is 5.69 Å². The number of nitrogens with zero attached hydrogens (tertiary/aromatic N) is 5. The van der Waals surface area contributed by atoms with Crippen molar-refractivity contribution < 1.29 is 14.3 Å². The third-order valence-corrected chi connectivity index (χ3v) is 6.57. The van der Waals surface area contributed by atoms with E-state index in [-0.39, 0.29) is 11.9 Å². The third kappa shape index (κ3) is 5.89. The van der Waals surface area contributed by atoms with Gasteiger partial charge in [-0.05, 0) is 69.4 Å². The van der Waals surface area contributed by atoms with Crippen molar-refractivity contribution in [2.24, 2.45) is 5.73 Å². The molecule has 5 rings (SSSR count). The SMILES string of the molecule is C=C(CN(C)C)C(=O)Nc1ccc(-c2c(-c3ccc(Oc4nccc(C)n4)cc3)c(C(N)=O)c3cnc(C)cn23)cc1. The van der Waals surface area contributed by atoms with Gasteiger partial charge in [-0.3, -0.25) is 14.6 Å². The van der Waals surface area contributed by atoms with Crippen LogP contribution < -0.4 is 15.8 Å². The molecular formula is C32H31N7O3. The number of ether oxygens (including phenoxy) is 1. The number of aromatic nitrogens is 4. The maximum absolute atomic E-state index is 12.9. The molecule has 0 saturated carbocycles. The summed E-state index contributed by atoms with van der Waals surface area (Å²) in [6.07, 6.45) is 5.16. The Morgan fingerprint density at radius 3 is 2.31 bits per heavy atom. The van der Waals surface area contributed by atoms with E-state index in [4.69, 9.17) is 10.5 Å². The summed E-state index contributed by atoms with van der Waals surface area (Å²) in [7, 11) is 3.76. The van der Waals surface area contributed by atoms with Crippen molar-refractivity contribution in [3.63, 3.8) is 0 Å². The molecule has 42 heavy (non-hydrogen) atoms. The first kappa shape index (κ1) is 28.2. The molecule has 3 heterocycles. The second-order valence-corrected chi connectivity index (χ2v) is 10.2. The van der Waals surface area contributed by atoms with Crippen molar-refractivity contribution in [2.45, 2.75) is 13.8 Å². The second-order valence-electron chi connectivity index (χ2n) is 10.2. The highest BCUT2D eigenvalue weighted by Gasteiger charge is 2.25. The molecule has 0 saturated heterocycles. The van der Waals surface area contributed by atoms with E-state index in [9.17, 15) is 9.59 Å². The number of likely N-dealkylation sites (N-methyl/N-ethyl adjacent to an activating group) is 1. The van der Waals surface area contributed by atoms with Gasteiger partial charge in [-0.2, -0.15) is 0 Å². The highest BCUT2D eigenvalue weighted by molar-refractivity contribution is 6.11. The number of primary amides is 1. The molecule has 0 unspecified atom stereocenters. The number of aryl methyl sites for hydroxylation is 2. The zero-order chi connectivity index (χ0) is 30.0. The minimum Gasteiger partial charge on any atom is -0.424 e. The Labute approximate surface area is 243 Å². The largest absolute Gasteiger partial charge is 0.424 e. The number of anilines is 1. The molecule has 3 aromatic heterocycles. The van der Waals surface area contributed by atoms with E-state index in [1.165, 1.54) is 0 Å². The number of nitrogens with two attached hydrogens (primary N) is 1. The number of carbonyl (C=O) groups excluding carboxylic acids is 2. The Balaban J connectivity index is 1.57. The van der Waals surface area contributed by atoms with Gasteiger partial charge in [-0.1, -0.05) is 30.8 Å². The molecule has 0 atom stereocenters. The van der Waals surface area contributed by atoms with Crippen LogP contribution in [0.25, 0.3) is 27.9 Å². The Kier molecular flexibility index (Phi) is 7.81. The Morgan fingerprint density at radius 1 is 0.976 bits per heavy atom. The molecule has 2 amide bonds. The molecule has 10 heteroatoms. The highest BCUT2D eigenvalue weighted by Crippen LogP contribution is 2.40. The Morgan fingerprint density at radius 2 is 1.67 bits per heavy atom. The number of hydrogen-bond acceptors (Lipinski definition) is 7. The molecule has 0 aliphatic rings. The summed E-state index contributed by atoms with van der Waals surface area (Å²) in [4.78, 5) is 40.2. The number of benzene rings is 2. The van der Waals surface area contributed by atoms with Gasteiger partial charge in [0.1, 0.15) is 5.75 Å². The predicted molar refractivity (Wildman–Crippen MR) is 162 cm³/mol. The van der Waals surface area contributed by atoms with Crippen LogP contribution in [0.1, 0.15) is 21.7 Å². The first-order chi connectivity index (χ1) is 20.1. The van der Waals surface area contributed by atoms with E-state index in [0.717, 1.165) is 28.2 Å². The lowest BCUT2D eigenvalue weighted by atomic mass is 9.96. The fourth-order valence-corrected chi connectivity index (χ4v) is 4.72. The number of hydrogen-bond donors (Lipinski definition) is 2. The molecule has 0 aliphatic heterocycles. The lowest BCUT2D eigenvalue weighted by Crippen LogP contribution is -2.23. The van der Waals surface area contributed by atoms with Crippen LogP contribution in [-0.2, 0) is 4.79 Å². The minimum absolute atomic E-state index is 0.245. The Hall–Kier alpha value is -5.35. The predicted octanol–water partition coefficient (Wildman–Crippen LogP) is 5.02. The molecule has 0 fully saturated rings. The van der Waals surface area contributed by atoms with Gasteiger partial charge in [0.25, 0.3) is 11.8 Å². The first-order valence-electron chi connectivity index (χ1n) is 13.2. The summed E-state index contributed by atoms with van der Waals surface area (Å²) >= 11 is 0. The van der Waals surface area contributed by atoms with E-state index in [2.05, 4.69) is 26.8 Å². The lowest BCUT2D eigenvalue weighted by Gasteiger charge is -2.13. The van der Waals surface area contributed by atoms with Crippen LogP contribution in [0.5, 0.6) is 11.8 Å². The smallest absolute Gasteiger partial charge is 0.322 e. The molecule has 3 N–H and O–H groups in total. The van der Waals surface area contributed by atoms with Gasteiger partial charge in [0.2, 0.25) is 0 Å². The Bertz CT molecular complexity index is 1810. The standard InChI is InChI=1S/C32H31N7O3/c1-19(17-38(4)5)31(41)37-24-10-6-23(7-11-24)29-27(28(30(33)40)26-16-35-21(3)18-39(26)29)22-8-12-25(13-9-22)42-32-34-15-14-20(2)36-32/h6-16,18H,1,17H2,2-5H3,(H2,33,40)(H,37,41). The van der Waals surface area contributed by atoms with Crippen LogP contribution in [-0.4, -0.2) is 56.7 Å². The van der Waals surface area contributed by atoms with Crippen LogP contribution in [0, 0.1) is 13.8 Å². The number of amides is 2. The van der Waals surface area contributed by atoms with Gasteiger partial charge in [-0.25, -0.2) is 9.97 Å². The summed E-state index contributed by atoms with van der Waals surface area (Å²) in [6.45, 7) is 8.07. The van der Waals surface area contributed by atoms with Gasteiger partial charge in [0.15, 0.2) is 0 Å². The average Bonchev–Trinajstić information content (AvgIpc) is 3.28. The van der Waals surface area contributed by atoms with Crippen molar-refractivity contribution >= 4 is 23.0 Å². The monoisotopic (exact) mass is 561 g/mol. The molecule has 2 aromatic carbocycles. The van der Waals surface area contributed by atoms with Crippen molar-refractivity contribution in [2.75, 3.05) is 26.0 Å². The van der Waals surface area contributed by atoms with E-state index in [1.54, 1.807) is 30.6 Å². The molecule has 5 aromatic rings. The number of nitrogens with one attached hydrogen (secondary N) is 1. The maximum Gasteiger partial charge on any atom is 0.322 e. The zero-order valence-corrected chi connectivity index (χ0v) is 23.9.